The van der Waals surface area contributed by atoms with E-state index in [1.54, 1.807) is 0 Å². The van der Waals surface area contributed by atoms with Crippen LogP contribution in [0.2, 0.25) is 0 Å². The molecule has 0 radical (unpaired) electrons. The van der Waals surface area contributed by atoms with Crippen molar-refractivity contribution in [2.45, 2.75) is 5.41 Å². The number of para-hydroxylation sites is 1. The lowest BCUT2D eigenvalue weighted by molar-refractivity contribution is 0.669. The molecule has 7 aromatic rings. The molecule has 0 atom stereocenters. The molecule has 0 fully saturated rings. The van der Waals surface area contributed by atoms with Gasteiger partial charge in [-0.15, -0.1) is 0 Å². The summed E-state index contributed by atoms with van der Waals surface area (Å²) >= 11 is 0. The van der Waals surface area contributed by atoms with Gasteiger partial charge in [-0.1, -0.05) is 115 Å². The molecule has 1 aliphatic carbocycles. The maximum absolute atomic E-state index is 6.11. The Morgan fingerprint density at radius 3 is 1.79 bits per heavy atom. The molecule has 0 saturated heterocycles. The van der Waals surface area contributed by atoms with Crippen LogP contribution in [0.4, 0.5) is 11.4 Å². The van der Waals surface area contributed by atoms with Gasteiger partial charge in [0.1, 0.15) is 11.2 Å². The van der Waals surface area contributed by atoms with E-state index in [-0.39, 0.29) is 5.41 Å². The largest absolute Gasteiger partial charge is 0.456 e. The molecule has 0 saturated carbocycles. The smallest absolute Gasteiger partial charge is 0.137 e. The van der Waals surface area contributed by atoms with Gasteiger partial charge in [0.05, 0.1) is 16.5 Å². The van der Waals surface area contributed by atoms with Crippen LogP contribution in [0.1, 0.15) is 22.3 Å². The van der Waals surface area contributed by atoms with Crippen LogP contribution in [0.25, 0.3) is 33.1 Å². The highest BCUT2D eigenvalue weighted by molar-refractivity contribution is 6.12. The quantitative estimate of drug-likeness (QED) is 0.261. The maximum atomic E-state index is 6.11. The van der Waals surface area contributed by atoms with Crippen LogP contribution in [0.3, 0.4) is 0 Å². The second-order valence-electron chi connectivity index (χ2n) is 10.2. The van der Waals surface area contributed by atoms with Crippen molar-refractivity contribution in [3.8, 4) is 11.1 Å². The minimum atomic E-state index is -0.381. The van der Waals surface area contributed by atoms with Crippen LogP contribution in [-0.2, 0) is 5.41 Å². The second-order valence-corrected chi connectivity index (χ2v) is 10.2. The number of rotatable bonds is 4. The first kappa shape index (κ1) is 22.0. The summed E-state index contributed by atoms with van der Waals surface area (Å²) in [5, 5.41) is 5.90. The Kier molecular flexibility index (Phi) is 4.77. The molecule has 1 N–H and O–H groups in total. The van der Waals surface area contributed by atoms with E-state index in [1.165, 1.54) is 33.4 Å². The van der Waals surface area contributed by atoms with Crippen molar-refractivity contribution in [1.82, 2.24) is 0 Å². The minimum Gasteiger partial charge on any atom is -0.456 e. The normalized spacial score (nSPS) is 13.3. The van der Waals surface area contributed by atoms with Crippen molar-refractivity contribution < 1.29 is 4.42 Å². The van der Waals surface area contributed by atoms with Gasteiger partial charge >= 0.3 is 0 Å². The molecular weight excluding hydrogens is 474 g/mol. The SMILES string of the molecule is c1ccc(C2(c3ccc(Nc4cccc5oc6ccccc6c45)cc3)c3ccccc3-c3ccccc32)cc1. The van der Waals surface area contributed by atoms with E-state index in [9.17, 15) is 0 Å². The number of hydrogen-bond donors (Lipinski definition) is 1. The third-order valence-electron chi connectivity index (χ3n) is 8.16. The Morgan fingerprint density at radius 2 is 1.05 bits per heavy atom. The summed E-state index contributed by atoms with van der Waals surface area (Å²) in [4.78, 5) is 0. The van der Waals surface area contributed by atoms with E-state index in [1.807, 2.05) is 24.3 Å². The molecule has 6 aromatic carbocycles. The summed E-state index contributed by atoms with van der Waals surface area (Å²) in [5.74, 6) is 0. The number of nitrogens with one attached hydrogen (secondary N) is 1. The van der Waals surface area contributed by atoms with E-state index < -0.39 is 0 Å². The first-order chi connectivity index (χ1) is 19.3. The molecule has 184 valence electrons. The molecule has 0 amide bonds. The molecule has 0 bridgehead atoms. The van der Waals surface area contributed by atoms with Crippen LogP contribution in [0.5, 0.6) is 0 Å². The second kappa shape index (κ2) is 8.47. The summed E-state index contributed by atoms with van der Waals surface area (Å²) < 4.78 is 6.11. The van der Waals surface area contributed by atoms with Crippen molar-refractivity contribution >= 4 is 33.3 Å². The van der Waals surface area contributed by atoms with Crippen LogP contribution in [0.15, 0.2) is 150 Å². The maximum Gasteiger partial charge on any atom is 0.137 e. The average Bonchev–Trinajstić information content (AvgIpc) is 3.53. The molecule has 1 heterocycles. The zero-order valence-corrected chi connectivity index (χ0v) is 21.3. The van der Waals surface area contributed by atoms with Gasteiger partial charge in [0.2, 0.25) is 0 Å². The average molecular weight is 500 g/mol. The van der Waals surface area contributed by atoms with Crippen molar-refractivity contribution in [3.05, 3.63) is 168 Å². The predicted octanol–water partition coefficient (Wildman–Crippen LogP) is 9.69. The Morgan fingerprint density at radius 1 is 0.462 bits per heavy atom. The molecule has 1 aromatic heterocycles. The van der Waals surface area contributed by atoms with Gasteiger partial charge < -0.3 is 9.73 Å². The van der Waals surface area contributed by atoms with E-state index in [0.717, 1.165) is 33.3 Å². The van der Waals surface area contributed by atoms with E-state index in [2.05, 4.69) is 127 Å². The number of furan rings is 1. The zero-order chi connectivity index (χ0) is 25.8. The summed E-state index contributed by atoms with van der Waals surface area (Å²) in [5.41, 5.74) is 11.3. The number of fused-ring (bicyclic) bond motifs is 6. The van der Waals surface area contributed by atoms with Gasteiger partial charge in [0.15, 0.2) is 0 Å². The first-order valence-corrected chi connectivity index (χ1v) is 13.4. The summed E-state index contributed by atoms with van der Waals surface area (Å²) in [7, 11) is 0. The molecule has 39 heavy (non-hydrogen) atoms. The molecular formula is C37H25NO. The highest BCUT2D eigenvalue weighted by atomic mass is 16.3. The lowest BCUT2D eigenvalue weighted by Crippen LogP contribution is -2.28. The lowest BCUT2D eigenvalue weighted by atomic mass is 9.68. The number of hydrogen-bond acceptors (Lipinski definition) is 2. The predicted molar refractivity (Wildman–Crippen MR) is 161 cm³/mol. The Bertz CT molecular complexity index is 1940. The standard InChI is InChI=1S/C37H25NO/c1-2-11-25(12-3-1)37(31-16-7-4-13-28(31)29-14-5-8-17-32(29)37)26-21-23-27(24-22-26)38-33-18-10-20-35-36(33)30-15-6-9-19-34(30)39-35/h1-24,38H. The summed E-state index contributed by atoms with van der Waals surface area (Å²) in [6.07, 6.45) is 0. The fraction of sp³-hybridized carbons (Fsp3) is 0.0270. The summed E-state index contributed by atoms with van der Waals surface area (Å²) in [6, 6.07) is 52.0. The molecule has 0 unspecified atom stereocenters. The fourth-order valence-corrected chi connectivity index (χ4v) is 6.55. The zero-order valence-electron chi connectivity index (χ0n) is 21.3. The van der Waals surface area contributed by atoms with Gasteiger partial charge in [0.25, 0.3) is 0 Å². The lowest BCUT2D eigenvalue weighted by Gasteiger charge is -2.34. The molecule has 2 nitrogen and oxygen atoms in total. The van der Waals surface area contributed by atoms with Crippen LogP contribution >= 0.6 is 0 Å². The van der Waals surface area contributed by atoms with Gasteiger partial charge in [-0.3, -0.25) is 0 Å². The van der Waals surface area contributed by atoms with Gasteiger partial charge in [-0.05, 0) is 63.7 Å². The van der Waals surface area contributed by atoms with Gasteiger partial charge in [-0.2, -0.15) is 0 Å². The Hall–Kier alpha value is -5.08. The number of benzene rings is 6. The van der Waals surface area contributed by atoms with Crippen molar-refractivity contribution in [1.29, 1.82) is 0 Å². The third-order valence-corrected chi connectivity index (χ3v) is 8.16. The monoisotopic (exact) mass is 499 g/mol. The Labute approximate surface area is 227 Å². The summed E-state index contributed by atoms with van der Waals surface area (Å²) in [6.45, 7) is 0. The van der Waals surface area contributed by atoms with E-state index in [0.29, 0.717) is 0 Å². The number of anilines is 2. The Balaban J connectivity index is 1.28. The van der Waals surface area contributed by atoms with Crippen molar-refractivity contribution in [2.24, 2.45) is 0 Å². The minimum absolute atomic E-state index is 0.381. The third kappa shape index (κ3) is 3.15. The first-order valence-electron chi connectivity index (χ1n) is 13.4. The van der Waals surface area contributed by atoms with E-state index >= 15 is 0 Å². The molecule has 8 rings (SSSR count). The van der Waals surface area contributed by atoms with Gasteiger partial charge in [0, 0.05) is 11.1 Å². The van der Waals surface area contributed by atoms with Crippen LogP contribution in [0, 0.1) is 0 Å². The van der Waals surface area contributed by atoms with Gasteiger partial charge in [-0.25, -0.2) is 0 Å². The highest BCUT2D eigenvalue weighted by Crippen LogP contribution is 2.56. The fourth-order valence-electron chi connectivity index (χ4n) is 6.55. The van der Waals surface area contributed by atoms with Crippen molar-refractivity contribution in [2.75, 3.05) is 5.32 Å². The topological polar surface area (TPSA) is 25.2 Å². The molecule has 0 spiro atoms. The molecule has 2 heteroatoms. The molecule has 1 aliphatic rings. The molecule has 0 aliphatic heterocycles. The van der Waals surface area contributed by atoms with Crippen LogP contribution < -0.4 is 5.32 Å². The van der Waals surface area contributed by atoms with Crippen LogP contribution in [-0.4, -0.2) is 0 Å². The van der Waals surface area contributed by atoms with E-state index in [4.69, 9.17) is 4.42 Å². The van der Waals surface area contributed by atoms with Crippen molar-refractivity contribution in [3.63, 3.8) is 0 Å². The highest BCUT2D eigenvalue weighted by Gasteiger charge is 2.45.